The molecule has 37 heavy (non-hydrogen) atoms. The van der Waals surface area contributed by atoms with E-state index in [4.69, 9.17) is 33.7 Å². The van der Waals surface area contributed by atoms with Crippen LogP contribution in [0, 0.1) is 11.8 Å². The number of ether oxygens (including phenoxy) is 4. The largest absolute Gasteiger partial charge is 0.510 e. The van der Waals surface area contributed by atoms with Gasteiger partial charge in [-0.15, -0.1) is 4.76 Å². The molecule has 0 bridgehead atoms. The van der Waals surface area contributed by atoms with Crippen LogP contribution in [-0.2, 0) is 37.4 Å². The van der Waals surface area contributed by atoms with Gasteiger partial charge in [0.2, 0.25) is 18.5 Å². The first-order valence-electron chi connectivity index (χ1n) is 12.2. The number of rotatable bonds is 16. The lowest BCUT2D eigenvalue weighted by atomic mass is 10.2. The van der Waals surface area contributed by atoms with Crippen LogP contribution in [0.2, 0.25) is 0 Å². The molecule has 0 aliphatic heterocycles. The van der Waals surface area contributed by atoms with Gasteiger partial charge in [0.15, 0.2) is 0 Å². The Kier molecular flexibility index (Phi) is 15.9. The van der Waals surface area contributed by atoms with Crippen molar-refractivity contribution in [2.75, 3.05) is 20.3 Å². The van der Waals surface area contributed by atoms with Crippen molar-refractivity contribution in [1.29, 1.82) is 0 Å². The summed E-state index contributed by atoms with van der Waals surface area (Å²) in [4.78, 5) is 36.7. The summed E-state index contributed by atoms with van der Waals surface area (Å²) in [5, 5.41) is 9.44. The Morgan fingerprint density at radius 1 is 0.892 bits per heavy atom. The summed E-state index contributed by atoms with van der Waals surface area (Å²) in [5.74, 6) is -2.81. The Balaban J connectivity index is 6.27. The van der Waals surface area contributed by atoms with Crippen LogP contribution in [0.25, 0.3) is 0 Å². The molecule has 0 aliphatic carbocycles. The maximum absolute atomic E-state index is 13.9. The summed E-state index contributed by atoms with van der Waals surface area (Å²) in [6, 6.07) is -1.10. The number of carbonyl (C=O) groups is 3. The molecule has 0 aromatic carbocycles. The van der Waals surface area contributed by atoms with Crippen LogP contribution in [0.4, 0.5) is 9.59 Å². The maximum atomic E-state index is 13.9. The van der Waals surface area contributed by atoms with Crippen molar-refractivity contribution in [3.05, 3.63) is 0 Å². The molecule has 0 aromatic rings. The van der Waals surface area contributed by atoms with E-state index in [1.807, 2.05) is 0 Å². The van der Waals surface area contributed by atoms with E-state index >= 15 is 0 Å². The van der Waals surface area contributed by atoms with Crippen molar-refractivity contribution in [2.45, 2.75) is 86.4 Å². The number of nitrogens with zero attached hydrogens (tertiary/aromatic N) is 2. The van der Waals surface area contributed by atoms with Gasteiger partial charge in [0.25, 0.3) is 0 Å². The Morgan fingerprint density at radius 3 is 1.59 bits per heavy atom. The van der Waals surface area contributed by atoms with Gasteiger partial charge in [-0.3, -0.25) is 0 Å². The molecule has 0 radical (unpaired) electrons. The lowest BCUT2D eigenvalue weighted by Gasteiger charge is -2.29. The van der Waals surface area contributed by atoms with E-state index in [0.717, 1.165) is 4.90 Å². The third-order valence-corrected chi connectivity index (χ3v) is 5.96. The van der Waals surface area contributed by atoms with Crippen molar-refractivity contribution >= 4 is 32.0 Å². The summed E-state index contributed by atoms with van der Waals surface area (Å²) < 4.78 is 48.9. The fourth-order valence-electron chi connectivity index (χ4n) is 2.49. The maximum Gasteiger partial charge on any atom is 0.510 e. The zero-order chi connectivity index (χ0) is 28.8. The van der Waals surface area contributed by atoms with Crippen LogP contribution in [0.5, 0.6) is 0 Å². The minimum absolute atomic E-state index is 0.0877. The molecule has 0 saturated heterocycles. The molecular weight excluding hydrogens is 513 g/mol. The number of nitrogens with two attached hydrogens (primary N) is 1. The lowest BCUT2D eigenvalue weighted by Crippen LogP contribution is -2.45. The van der Waals surface area contributed by atoms with Crippen LogP contribution in [0.3, 0.4) is 0 Å². The number of carboxylic acids is 1. The highest BCUT2D eigenvalue weighted by Gasteiger charge is 2.39. The topological polar surface area (TPSA) is 186 Å². The molecule has 216 valence electrons. The SMILES string of the molecule is CCCOC(=O)OC(OP(=O)(N=C(N)N(C)C(CC)C(=O)O)OC(OC(=O)OCCC)C(C)C)C(C)C. The van der Waals surface area contributed by atoms with Gasteiger partial charge >= 0.3 is 26.0 Å². The molecule has 15 heteroatoms. The molecule has 0 rings (SSSR count). The number of hydrogen-bond donors (Lipinski definition) is 2. The van der Waals surface area contributed by atoms with E-state index in [-0.39, 0.29) is 19.6 Å². The van der Waals surface area contributed by atoms with Gasteiger partial charge in [-0.25, -0.2) is 28.0 Å². The molecule has 3 unspecified atom stereocenters. The molecular formula is C22H42N3O11P. The summed E-state index contributed by atoms with van der Waals surface area (Å²) in [6.45, 7) is 11.8. The number of carboxylic acid groups (broad SMARTS) is 1. The van der Waals surface area contributed by atoms with Crippen LogP contribution in [0.1, 0.15) is 67.7 Å². The molecule has 3 N–H and O–H groups in total. The van der Waals surface area contributed by atoms with E-state index in [1.165, 1.54) is 7.05 Å². The Labute approximate surface area is 218 Å². The molecule has 0 aromatic heterocycles. The third-order valence-electron chi connectivity index (χ3n) is 4.56. The highest BCUT2D eigenvalue weighted by Crippen LogP contribution is 2.54. The first-order chi connectivity index (χ1) is 17.2. The van der Waals surface area contributed by atoms with Gasteiger partial charge in [-0.05, 0) is 19.3 Å². The highest BCUT2D eigenvalue weighted by atomic mass is 31.2. The summed E-state index contributed by atoms with van der Waals surface area (Å²) in [5.41, 5.74) is 5.97. The van der Waals surface area contributed by atoms with Gasteiger partial charge in [0, 0.05) is 18.9 Å². The van der Waals surface area contributed by atoms with Crippen LogP contribution >= 0.6 is 7.75 Å². The van der Waals surface area contributed by atoms with E-state index in [2.05, 4.69) is 4.76 Å². The van der Waals surface area contributed by atoms with E-state index in [9.17, 15) is 24.1 Å². The second-order valence-electron chi connectivity index (χ2n) is 8.67. The molecule has 0 fully saturated rings. The summed E-state index contributed by atoms with van der Waals surface area (Å²) in [6.07, 6.45) is -3.86. The van der Waals surface area contributed by atoms with Crippen molar-refractivity contribution in [3.63, 3.8) is 0 Å². The van der Waals surface area contributed by atoms with E-state index in [0.29, 0.717) is 12.8 Å². The van der Waals surface area contributed by atoms with Gasteiger partial charge < -0.3 is 34.7 Å². The average Bonchev–Trinajstić information content (AvgIpc) is 2.80. The minimum atomic E-state index is -4.73. The molecule has 3 atom stereocenters. The zero-order valence-corrected chi connectivity index (χ0v) is 23.8. The van der Waals surface area contributed by atoms with Gasteiger partial charge in [-0.1, -0.05) is 48.5 Å². The third kappa shape index (κ3) is 13.0. The summed E-state index contributed by atoms with van der Waals surface area (Å²) >= 11 is 0. The second-order valence-corrected chi connectivity index (χ2v) is 10.2. The monoisotopic (exact) mass is 555 g/mol. The number of likely N-dealkylation sites (N-methyl/N-ethyl adjacent to an activating group) is 1. The average molecular weight is 556 g/mol. The quantitative estimate of drug-likeness (QED) is 0.0902. The smallest absolute Gasteiger partial charge is 0.480 e. The van der Waals surface area contributed by atoms with Crippen molar-refractivity contribution in [3.8, 4) is 0 Å². The van der Waals surface area contributed by atoms with E-state index < -0.39 is 62.4 Å². The highest BCUT2D eigenvalue weighted by molar-refractivity contribution is 7.52. The Morgan fingerprint density at radius 2 is 1.30 bits per heavy atom. The van der Waals surface area contributed by atoms with Crippen molar-refractivity contribution in [1.82, 2.24) is 4.90 Å². The van der Waals surface area contributed by atoms with Gasteiger partial charge in [0.1, 0.15) is 6.04 Å². The summed E-state index contributed by atoms with van der Waals surface area (Å²) in [7, 11) is -3.40. The first kappa shape index (κ1) is 34.4. The lowest BCUT2D eigenvalue weighted by molar-refractivity contribution is -0.141. The standard InChI is InChI=1S/C22H42N3O11P/c1-9-12-31-21(28)33-18(14(4)5)35-37(30,24-20(23)25(8)16(11-3)17(26)27)36-19(15(6)7)34-22(29)32-13-10-2/h14-16,18-19H,9-13H2,1-8H3,(H,26,27)(H2,23,24,30). The number of carbonyl (C=O) groups excluding carboxylic acids is 2. The fraction of sp³-hybridized carbons (Fsp3) is 0.818. The molecule has 0 heterocycles. The molecule has 0 saturated carbocycles. The van der Waals surface area contributed by atoms with E-state index in [1.54, 1.807) is 48.5 Å². The van der Waals surface area contributed by atoms with Crippen LogP contribution in [-0.4, -0.2) is 73.1 Å². The predicted molar refractivity (Wildman–Crippen MR) is 134 cm³/mol. The fourth-order valence-corrected chi connectivity index (χ4v) is 4.13. The molecule has 0 spiro atoms. The van der Waals surface area contributed by atoms with Crippen LogP contribution in [0.15, 0.2) is 4.76 Å². The zero-order valence-electron chi connectivity index (χ0n) is 22.9. The normalized spacial score (nSPS) is 15.9. The molecule has 0 aliphatic rings. The molecule has 0 amide bonds. The Bertz CT molecular complexity index is 767. The first-order valence-corrected chi connectivity index (χ1v) is 13.7. The van der Waals surface area contributed by atoms with Gasteiger partial charge in [-0.2, -0.15) is 0 Å². The van der Waals surface area contributed by atoms with Crippen molar-refractivity contribution < 1.29 is 52.1 Å². The second kappa shape index (κ2) is 17.0. The van der Waals surface area contributed by atoms with Crippen molar-refractivity contribution in [2.24, 2.45) is 22.3 Å². The predicted octanol–water partition coefficient (Wildman–Crippen LogP) is 4.33. The van der Waals surface area contributed by atoms with Gasteiger partial charge in [0.05, 0.1) is 13.2 Å². The molecule has 14 nitrogen and oxygen atoms in total. The number of guanidine groups is 1. The minimum Gasteiger partial charge on any atom is -0.480 e. The number of hydrogen-bond acceptors (Lipinski definition) is 10. The number of aliphatic carboxylic acids is 1. The van der Waals surface area contributed by atoms with Crippen LogP contribution < -0.4 is 5.73 Å². The Hall–Kier alpha value is -2.57.